The Morgan fingerprint density at radius 1 is 0.919 bits per heavy atom. The SMILES string of the molecule is COCCOC(=O)C1C(C)=NC2=C(C(=O)C[C@@H](c3ccccc3OC)C2)[C@@H]1c1ccc(OC)c(OC)c1. The number of Topliss-reactive ketones (excluding diaryl/α,β-unsaturated/α-hetero) is 1. The molecule has 1 aliphatic carbocycles. The maximum atomic E-state index is 13.8. The zero-order valence-electron chi connectivity index (χ0n) is 21.9. The molecule has 2 aromatic carbocycles. The number of aliphatic imine (C=N–C) groups is 1. The minimum absolute atomic E-state index is 0.0390. The molecule has 0 aromatic heterocycles. The Hall–Kier alpha value is -3.65. The average molecular weight is 508 g/mol. The molecule has 0 spiro atoms. The second kappa shape index (κ2) is 11.6. The first-order valence-electron chi connectivity index (χ1n) is 12.2. The van der Waals surface area contributed by atoms with E-state index in [-0.39, 0.29) is 24.9 Å². The molecule has 0 bridgehead atoms. The number of ether oxygens (including phenoxy) is 5. The van der Waals surface area contributed by atoms with Gasteiger partial charge in [-0.25, -0.2) is 0 Å². The van der Waals surface area contributed by atoms with Crippen molar-refractivity contribution in [1.29, 1.82) is 0 Å². The van der Waals surface area contributed by atoms with Crippen LogP contribution in [-0.4, -0.2) is 59.1 Å². The third-order valence-corrected chi connectivity index (χ3v) is 7.02. The number of benzene rings is 2. The molecule has 1 aliphatic heterocycles. The number of methoxy groups -OCH3 is 4. The van der Waals surface area contributed by atoms with Crippen molar-refractivity contribution in [2.24, 2.45) is 10.9 Å². The van der Waals surface area contributed by atoms with Crippen LogP contribution in [0.15, 0.2) is 58.7 Å². The fourth-order valence-electron chi connectivity index (χ4n) is 5.31. The van der Waals surface area contributed by atoms with Crippen molar-refractivity contribution in [1.82, 2.24) is 0 Å². The lowest BCUT2D eigenvalue weighted by Crippen LogP contribution is -2.38. The molecule has 8 heteroatoms. The van der Waals surface area contributed by atoms with E-state index in [1.54, 1.807) is 34.5 Å². The van der Waals surface area contributed by atoms with E-state index in [4.69, 9.17) is 28.7 Å². The van der Waals surface area contributed by atoms with Crippen molar-refractivity contribution < 1.29 is 33.3 Å². The van der Waals surface area contributed by atoms with Gasteiger partial charge in [0.15, 0.2) is 17.3 Å². The number of hydrogen-bond donors (Lipinski definition) is 0. The zero-order valence-corrected chi connectivity index (χ0v) is 21.9. The standard InChI is InChI=1S/C29H33NO7/c1-17-26(29(32)37-13-12-33-2)27(18-10-11-24(35-4)25(16-18)36-5)28-21(30-17)14-19(15-22(28)31)20-8-6-7-9-23(20)34-3/h6-11,16,19,26-27H,12-15H2,1-5H3/t19-,26?,27+/m0/s1. The van der Waals surface area contributed by atoms with Crippen molar-refractivity contribution in [2.75, 3.05) is 41.7 Å². The van der Waals surface area contributed by atoms with Crippen molar-refractivity contribution >= 4 is 17.5 Å². The van der Waals surface area contributed by atoms with Gasteiger partial charge in [0.1, 0.15) is 18.3 Å². The molecule has 1 heterocycles. The Morgan fingerprint density at radius 2 is 1.65 bits per heavy atom. The number of ketones is 1. The fraction of sp³-hybridized carbons (Fsp3) is 0.414. The normalized spacial score (nSPS) is 21.2. The topological polar surface area (TPSA) is 92.7 Å². The van der Waals surface area contributed by atoms with Crippen LogP contribution in [0.4, 0.5) is 0 Å². The van der Waals surface area contributed by atoms with Gasteiger partial charge in [0.2, 0.25) is 0 Å². The summed E-state index contributed by atoms with van der Waals surface area (Å²) < 4.78 is 27.1. The van der Waals surface area contributed by atoms with Crippen LogP contribution in [0.3, 0.4) is 0 Å². The highest BCUT2D eigenvalue weighted by Crippen LogP contribution is 2.48. The van der Waals surface area contributed by atoms with Gasteiger partial charge in [-0.1, -0.05) is 24.3 Å². The Balaban J connectivity index is 1.80. The van der Waals surface area contributed by atoms with E-state index in [2.05, 4.69) is 0 Å². The monoisotopic (exact) mass is 507 g/mol. The van der Waals surface area contributed by atoms with E-state index in [1.165, 1.54) is 0 Å². The van der Waals surface area contributed by atoms with Crippen LogP contribution in [0, 0.1) is 5.92 Å². The summed E-state index contributed by atoms with van der Waals surface area (Å²) in [7, 11) is 6.29. The summed E-state index contributed by atoms with van der Waals surface area (Å²) in [4.78, 5) is 32.0. The maximum absolute atomic E-state index is 13.8. The van der Waals surface area contributed by atoms with Crippen molar-refractivity contribution in [3.05, 3.63) is 64.9 Å². The molecule has 0 N–H and O–H groups in total. The second-order valence-corrected chi connectivity index (χ2v) is 9.11. The summed E-state index contributed by atoms with van der Waals surface area (Å²) in [5.74, 6) is -0.0377. The lowest BCUT2D eigenvalue weighted by Gasteiger charge is -2.36. The molecule has 2 aliphatic rings. The molecular weight excluding hydrogens is 474 g/mol. The van der Waals surface area contributed by atoms with Crippen LogP contribution in [0.5, 0.6) is 17.2 Å². The van der Waals surface area contributed by atoms with E-state index in [0.29, 0.717) is 41.3 Å². The van der Waals surface area contributed by atoms with Gasteiger partial charge in [0.25, 0.3) is 0 Å². The first-order chi connectivity index (χ1) is 17.9. The number of hydrogen-bond acceptors (Lipinski definition) is 8. The summed E-state index contributed by atoms with van der Waals surface area (Å²) >= 11 is 0. The van der Waals surface area contributed by atoms with Crippen molar-refractivity contribution in [2.45, 2.75) is 31.6 Å². The predicted octanol–water partition coefficient (Wildman–Crippen LogP) is 4.48. The van der Waals surface area contributed by atoms with Crippen LogP contribution in [0.25, 0.3) is 0 Å². The molecule has 2 aromatic rings. The largest absolute Gasteiger partial charge is 0.496 e. The smallest absolute Gasteiger partial charge is 0.315 e. The number of para-hydroxylation sites is 1. The van der Waals surface area contributed by atoms with E-state index >= 15 is 0 Å². The summed E-state index contributed by atoms with van der Waals surface area (Å²) in [6.45, 7) is 2.22. The molecule has 0 saturated heterocycles. The van der Waals surface area contributed by atoms with Gasteiger partial charge in [0, 0.05) is 42.3 Å². The molecule has 8 nitrogen and oxygen atoms in total. The molecule has 0 radical (unpaired) electrons. The lowest BCUT2D eigenvalue weighted by atomic mass is 9.69. The molecule has 196 valence electrons. The van der Waals surface area contributed by atoms with Gasteiger partial charge in [0.05, 0.1) is 27.9 Å². The number of rotatable bonds is 9. The van der Waals surface area contributed by atoms with Gasteiger partial charge in [-0.15, -0.1) is 0 Å². The van der Waals surface area contributed by atoms with E-state index in [1.807, 2.05) is 43.3 Å². The van der Waals surface area contributed by atoms with Crippen LogP contribution in [0.1, 0.15) is 42.7 Å². The van der Waals surface area contributed by atoms with Crippen LogP contribution in [0.2, 0.25) is 0 Å². The maximum Gasteiger partial charge on any atom is 0.315 e. The molecule has 3 atom stereocenters. The van der Waals surface area contributed by atoms with Crippen LogP contribution in [-0.2, 0) is 19.1 Å². The minimum atomic E-state index is -0.750. The Labute approximate surface area is 217 Å². The number of carbonyl (C=O) groups is 2. The summed E-state index contributed by atoms with van der Waals surface area (Å²) in [6, 6.07) is 13.2. The quantitative estimate of drug-likeness (QED) is 0.365. The average Bonchev–Trinajstić information content (AvgIpc) is 2.91. The van der Waals surface area contributed by atoms with Gasteiger partial charge in [-0.2, -0.15) is 0 Å². The first-order valence-corrected chi connectivity index (χ1v) is 12.2. The third kappa shape index (κ3) is 5.25. The lowest BCUT2D eigenvalue weighted by molar-refractivity contribution is -0.147. The number of carbonyl (C=O) groups excluding carboxylic acids is 2. The second-order valence-electron chi connectivity index (χ2n) is 9.11. The van der Waals surface area contributed by atoms with Crippen molar-refractivity contribution in [3.63, 3.8) is 0 Å². The Kier molecular flexibility index (Phi) is 8.28. The molecule has 0 amide bonds. The highest BCUT2D eigenvalue weighted by atomic mass is 16.6. The highest BCUT2D eigenvalue weighted by Gasteiger charge is 2.45. The van der Waals surface area contributed by atoms with E-state index in [0.717, 1.165) is 16.9 Å². The van der Waals surface area contributed by atoms with Gasteiger partial charge in [-0.05, 0) is 42.7 Å². The summed E-state index contributed by atoms with van der Waals surface area (Å²) in [5, 5.41) is 0. The van der Waals surface area contributed by atoms with Crippen LogP contribution < -0.4 is 14.2 Å². The molecule has 0 saturated carbocycles. The van der Waals surface area contributed by atoms with Gasteiger partial charge in [-0.3, -0.25) is 14.6 Å². The summed E-state index contributed by atoms with van der Waals surface area (Å²) in [5.41, 5.74) is 3.59. The third-order valence-electron chi connectivity index (χ3n) is 7.02. The molecule has 1 unspecified atom stereocenters. The molecule has 37 heavy (non-hydrogen) atoms. The minimum Gasteiger partial charge on any atom is -0.496 e. The molecule has 0 fully saturated rings. The number of allylic oxidation sites excluding steroid dienone is 2. The zero-order chi connectivity index (χ0) is 26.5. The first kappa shape index (κ1) is 26.4. The fourth-order valence-corrected chi connectivity index (χ4v) is 5.31. The van der Waals surface area contributed by atoms with Gasteiger partial charge < -0.3 is 23.7 Å². The highest BCUT2D eigenvalue weighted by molar-refractivity contribution is 6.09. The summed E-state index contributed by atoms with van der Waals surface area (Å²) in [6.07, 6.45) is 0.858. The predicted molar refractivity (Wildman–Crippen MR) is 139 cm³/mol. The Bertz CT molecular complexity index is 1230. The molecular formula is C29H33NO7. The number of esters is 1. The van der Waals surface area contributed by atoms with E-state index < -0.39 is 17.8 Å². The number of nitrogens with zero attached hydrogens (tertiary/aromatic N) is 1. The van der Waals surface area contributed by atoms with Crippen LogP contribution >= 0.6 is 0 Å². The van der Waals surface area contributed by atoms with Crippen molar-refractivity contribution in [3.8, 4) is 17.2 Å². The Morgan fingerprint density at radius 3 is 2.35 bits per heavy atom. The van der Waals surface area contributed by atoms with Gasteiger partial charge >= 0.3 is 5.97 Å². The molecule has 4 rings (SSSR count). The van der Waals surface area contributed by atoms with E-state index in [9.17, 15) is 9.59 Å².